The zero-order chi connectivity index (χ0) is 27.3. The number of hydrogen-bond acceptors (Lipinski definition) is 1. The van der Waals surface area contributed by atoms with E-state index in [-0.39, 0.29) is 0 Å². The van der Waals surface area contributed by atoms with Crippen LogP contribution in [0.2, 0.25) is 0 Å². The summed E-state index contributed by atoms with van der Waals surface area (Å²) in [6, 6.07) is 5.81. The molecule has 0 saturated heterocycles. The van der Waals surface area contributed by atoms with E-state index in [2.05, 4.69) is 18.0 Å². The van der Waals surface area contributed by atoms with Crippen LogP contribution in [0, 0.1) is 23.5 Å². The van der Waals surface area contributed by atoms with E-state index in [4.69, 9.17) is 0 Å². The number of aryl methyl sites for hydroxylation is 2. The maximum Gasteiger partial charge on any atom is 0.168 e. The standard InChI is InChI=1S/C36H53F2N/c1-2-3-4-5-7-11-14-17-29-21-23-31-26-33(36(38)35(37)32(31)25-29)34-24-22-30(27-39-34)18-15-12-9-6-8-10-13-16-28-19-20-28/h22,24,26-29H,2-21,23,25H2,1H3. The molecule has 39 heavy (non-hydrogen) atoms. The van der Waals surface area contributed by atoms with E-state index in [1.165, 1.54) is 115 Å². The quantitative estimate of drug-likeness (QED) is 0.162. The fourth-order valence-electron chi connectivity index (χ4n) is 6.52. The fraction of sp³-hybridized carbons (Fsp3) is 0.694. The van der Waals surface area contributed by atoms with Crippen LogP contribution in [0.15, 0.2) is 24.4 Å². The first-order chi connectivity index (χ1) is 19.2. The average Bonchev–Trinajstić information content (AvgIpc) is 3.79. The van der Waals surface area contributed by atoms with Crippen LogP contribution in [-0.2, 0) is 19.3 Å². The van der Waals surface area contributed by atoms with Crippen LogP contribution in [0.4, 0.5) is 8.78 Å². The van der Waals surface area contributed by atoms with E-state index < -0.39 is 11.6 Å². The number of benzene rings is 1. The number of nitrogens with zero attached hydrogens (tertiary/aromatic N) is 1. The van der Waals surface area contributed by atoms with Crippen molar-refractivity contribution in [3.8, 4) is 11.3 Å². The molecular formula is C36H53F2N. The number of halogens is 2. The molecule has 1 nitrogen and oxygen atoms in total. The lowest BCUT2D eigenvalue weighted by atomic mass is 9.80. The van der Waals surface area contributed by atoms with Gasteiger partial charge in [0.25, 0.3) is 0 Å². The SMILES string of the molecule is CCCCCCCCCC1CCc2cc(-c3ccc(CCCCCCCCCC4CC4)cn3)c(F)c(F)c2C1. The van der Waals surface area contributed by atoms with E-state index >= 15 is 8.78 Å². The van der Waals surface area contributed by atoms with Crippen LogP contribution in [0.1, 0.15) is 146 Å². The summed E-state index contributed by atoms with van der Waals surface area (Å²) in [4.78, 5) is 4.55. The first kappa shape index (κ1) is 30.2. The van der Waals surface area contributed by atoms with Gasteiger partial charge in [-0.2, -0.15) is 0 Å². The highest BCUT2D eigenvalue weighted by molar-refractivity contribution is 5.63. The predicted octanol–water partition coefficient (Wildman–Crippen LogP) is 11.3. The summed E-state index contributed by atoms with van der Waals surface area (Å²) >= 11 is 0. The second-order valence-electron chi connectivity index (χ2n) is 12.7. The largest absolute Gasteiger partial charge is 0.256 e. The van der Waals surface area contributed by atoms with Crippen molar-refractivity contribution in [1.29, 1.82) is 0 Å². The molecule has 1 atom stereocenters. The van der Waals surface area contributed by atoms with Crippen molar-refractivity contribution < 1.29 is 8.78 Å². The average molecular weight is 538 g/mol. The Labute approximate surface area is 237 Å². The van der Waals surface area contributed by atoms with Crippen molar-refractivity contribution in [2.45, 2.75) is 148 Å². The Hall–Kier alpha value is -1.77. The number of pyridine rings is 1. The number of unbranched alkanes of at least 4 members (excludes halogenated alkanes) is 12. The molecule has 1 aromatic carbocycles. The molecule has 0 N–H and O–H groups in total. The second-order valence-corrected chi connectivity index (χ2v) is 12.7. The summed E-state index contributed by atoms with van der Waals surface area (Å²) in [6.07, 6.45) is 29.4. The molecule has 0 spiro atoms. The van der Waals surface area contributed by atoms with Gasteiger partial charge in [0.1, 0.15) is 0 Å². The molecule has 2 aliphatic rings. The maximum absolute atomic E-state index is 15.2. The summed E-state index contributed by atoms with van der Waals surface area (Å²) < 4.78 is 30.4. The van der Waals surface area contributed by atoms with Crippen LogP contribution in [0.5, 0.6) is 0 Å². The number of aromatic nitrogens is 1. The van der Waals surface area contributed by atoms with Crippen LogP contribution >= 0.6 is 0 Å². The Morgan fingerprint density at radius 3 is 2.00 bits per heavy atom. The van der Waals surface area contributed by atoms with Crippen molar-refractivity contribution in [2.75, 3.05) is 0 Å². The molecule has 2 aromatic rings. The van der Waals surface area contributed by atoms with E-state index in [0.717, 1.165) is 37.2 Å². The van der Waals surface area contributed by atoms with Gasteiger partial charge >= 0.3 is 0 Å². The third-order valence-corrected chi connectivity index (χ3v) is 9.31. The molecule has 1 unspecified atom stereocenters. The summed E-state index contributed by atoms with van der Waals surface area (Å²) in [5.74, 6) is 0.204. The predicted molar refractivity (Wildman–Crippen MR) is 161 cm³/mol. The van der Waals surface area contributed by atoms with Crippen molar-refractivity contribution in [2.24, 2.45) is 11.8 Å². The lowest BCUT2D eigenvalue weighted by Crippen LogP contribution is -2.17. The molecule has 3 heteroatoms. The minimum Gasteiger partial charge on any atom is -0.256 e. The van der Waals surface area contributed by atoms with E-state index in [0.29, 0.717) is 29.2 Å². The Kier molecular flexibility index (Phi) is 12.8. The Morgan fingerprint density at radius 1 is 0.718 bits per heavy atom. The minimum absolute atomic E-state index is 0.324. The Morgan fingerprint density at radius 2 is 1.36 bits per heavy atom. The van der Waals surface area contributed by atoms with Crippen molar-refractivity contribution in [3.05, 3.63) is 52.7 Å². The van der Waals surface area contributed by atoms with Gasteiger partial charge in [-0.3, -0.25) is 4.98 Å². The summed E-state index contributed by atoms with van der Waals surface area (Å²) in [5.41, 5.74) is 3.67. The van der Waals surface area contributed by atoms with E-state index in [9.17, 15) is 0 Å². The molecule has 1 fully saturated rings. The smallest absolute Gasteiger partial charge is 0.168 e. The zero-order valence-corrected chi connectivity index (χ0v) is 24.7. The van der Waals surface area contributed by atoms with Crippen LogP contribution in [0.25, 0.3) is 11.3 Å². The zero-order valence-electron chi connectivity index (χ0n) is 24.7. The molecule has 216 valence electrons. The van der Waals surface area contributed by atoms with Crippen LogP contribution in [-0.4, -0.2) is 4.98 Å². The van der Waals surface area contributed by atoms with Gasteiger partial charge in [0, 0.05) is 11.8 Å². The Balaban J connectivity index is 1.19. The summed E-state index contributed by atoms with van der Waals surface area (Å²) in [7, 11) is 0. The van der Waals surface area contributed by atoms with Gasteiger partial charge in [-0.1, -0.05) is 122 Å². The normalized spacial score (nSPS) is 16.9. The van der Waals surface area contributed by atoms with Gasteiger partial charge in [0.15, 0.2) is 11.6 Å². The highest BCUT2D eigenvalue weighted by Gasteiger charge is 2.26. The maximum atomic E-state index is 15.2. The molecule has 0 amide bonds. The van der Waals surface area contributed by atoms with Gasteiger partial charge in [-0.05, 0) is 72.8 Å². The summed E-state index contributed by atoms with van der Waals surface area (Å²) in [5, 5.41) is 0. The van der Waals surface area contributed by atoms with Gasteiger partial charge in [-0.15, -0.1) is 0 Å². The highest BCUT2D eigenvalue weighted by atomic mass is 19.2. The first-order valence-corrected chi connectivity index (χ1v) is 16.6. The number of rotatable bonds is 19. The van der Waals surface area contributed by atoms with Crippen molar-refractivity contribution >= 4 is 0 Å². The fourth-order valence-corrected chi connectivity index (χ4v) is 6.52. The van der Waals surface area contributed by atoms with Gasteiger partial charge in [0.05, 0.1) is 5.69 Å². The van der Waals surface area contributed by atoms with Crippen LogP contribution in [0.3, 0.4) is 0 Å². The second kappa shape index (κ2) is 16.5. The first-order valence-electron chi connectivity index (χ1n) is 16.6. The molecule has 1 aromatic heterocycles. The number of fused-ring (bicyclic) bond motifs is 1. The molecule has 0 radical (unpaired) electrons. The van der Waals surface area contributed by atoms with E-state index in [1.807, 2.05) is 18.3 Å². The molecule has 1 heterocycles. The molecule has 0 aliphatic heterocycles. The van der Waals surface area contributed by atoms with Crippen molar-refractivity contribution in [1.82, 2.24) is 4.98 Å². The third-order valence-electron chi connectivity index (χ3n) is 9.31. The lowest BCUT2D eigenvalue weighted by molar-refractivity contribution is 0.388. The monoisotopic (exact) mass is 537 g/mol. The van der Waals surface area contributed by atoms with Crippen molar-refractivity contribution in [3.63, 3.8) is 0 Å². The molecule has 4 rings (SSSR count). The lowest BCUT2D eigenvalue weighted by Gasteiger charge is -2.26. The van der Waals surface area contributed by atoms with Gasteiger partial charge in [-0.25, -0.2) is 8.78 Å². The Bertz CT molecular complexity index is 979. The summed E-state index contributed by atoms with van der Waals surface area (Å²) in [6.45, 7) is 2.25. The molecule has 0 bridgehead atoms. The molecular weight excluding hydrogens is 484 g/mol. The van der Waals surface area contributed by atoms with E-state index in [1.54, 1.807) is 0 Å². The van der Waals surface area contributed by atoms with Gasteiger partial charge in [0.2, 0.25) is 0 Å². The van der Waals surface area contributed by atoms with Gasteiger partial charge < -0.3 is 0 Å². The third kappa shape index (κ3) is 9.98. The highest BCUT2D eigenvalue weighted by Crippen LogP contribution is 2.36. The molecule has 1 saturated carbocycles. The minimum atomic E-state index is -0.720. The number of hydrogen-bond donors (Lipinski definition) is 0. The topological polar surface area (TPSA) is 12.9 Å². The molecule has 2 aliphatic carbocycles. The van der Waals surface area contributed by atoms with Crippen LogP contribution < -0.4 is 0 Å².